The maximum atomic E-state index is 13.7. The lowest BCUT2D eigenvalue weighted by Crippen LogP contribution is -2.34. The first-order valence-electron chi connectivity index (χ1n) is 12.1. The Kier molecular flexibility index (Phi) is 7.91. The van der Waals surface area contributed by atoms with Crippen molar-refractivity contribution in [1.82, 2.24) is 5.32 Å². The molecule has 1 aliphatic heterocycles. The Bertz CT molecular complexity index is 1490. The van der Waals surface area contributed by atoms with Crippen molar-refractivity contribution in [2.24, 2.45) is 0 Å². The van der Waals surface area contributed by atoms with Gasteiger partial charge in [0, 0.05) is 22.0 Å². The lowest BCUT2D eigenvalue weighted by atomic mass is 10.1. The van der Waals surface area contributed by atoms with Crippen LogP contribution < -0.4 is 10.2 Å². The zero-order chi connectivity index (χ0) is 26.5. The molecule has 190 valence electrons. The van der Waals surface area contributed by atoms with Crippen molar-refractivity contribution in [2.45, 2.75) is 17.9 Å². The van der Waals surface area contributed by atoms with Crippen LogP contribution in [0.15, 0.2) is 107 Å². The van der Waals surface area contributed by atoms with E-state index in [2.05, 4.69) is 5.32 Å². The van der Waals surface area contributed by atoms with E-state index in [-0.39, 0.29) is 24.2 Å². The van der Waals surface area contributed by atoms with E-state index in [0.29, 0.717) is 34.1 Å². The van der Waals surface area contributed by atoms with Gasteiger partial charge in [-0.2, -0.15) is 0 Å². The molecular formula is C31H24ClFN2O2S. The number of amides is 2. The zero-order valence-electron chi connectivity index (χ0n) is 20.4. The molecule has 38 heavy (non-hydrogen) atoms. The van der Waals surface area contributed by atoms with E-state index in [1.165, 1.54) is 23.9 Å². The van der Waals surface area contributed by atoms with Crippen LogP contribution in [0.1, 0.15) is 27.0 Å². The molecule has 0 bridgehead atoms. The summed E-state index contributed by atoms with van der Waals surface area (Å²) in [5.74, 6) is -0.723. The highest BCUT2D eigenvalue weighted by atomic mass is 35.5. The number of nitrogens with one attached hydrogen (secondary N) is 1. The number of thioether (sulfide) groups is 1. The third-order valence-corrected chi connectivity index (χ3v) is 7.48. The number of nitrogens with zero attached hydrogens (tertiary/aromatic N) is 1. The number of carbonyl (C=O) groups excluding carboxylic acids is 2. The van der Waals surface area contributed by atoms with Crippen LogP contribution in [0.25, 0.3) is 6.08 Å². The molecule has 0 unspecified atom stereocenters. The summed E-state index contributed by atoms with van der Waals surface area (Å²) in [5.41, 5.74) is 3.90. The van der Waals surface area contributed by atoms with Gasteiger partial charge in [-0.1, -0.05) is 78.0 Å². The second-order valence-corrected chi connectivity index (χ2v) is 10.4. The summed E-state index contributed by atoms with van der Waals surface area (Å²) in [6.07, 6.45) is 2.54. The predicted molar refractivity (Wildman–Crippen MR) is 152 cm³/mol. The number of hydrogen-bond acceptors (Lipinski definition) is 3. The summed E-state index contributed by atoms with van der Waals surface area (Å²) in [6, 6.07) is 28.7. The molecule has 0 spiro atoms. The van der Waals surface area contributed by atoms with Crippen molar-refractivity contribution in [3.63, 3.8) is 0 Å². The fourth-order valence-corrected chi connectivity index (χ4v) is 5.32. The van der Waals surface area contributed by atoms with Crippen molar-refractivity contribution >= 4 is 46.9 Å². The van der Waals surface area contributed by atoms with Gasteiger partial charge in [-0.05, 0) is 71.7 Å². The summed E-state index contributed by atoms with van der Waals surface area (Å²) < 4.78 is 13.5. The molecule has 0 fully saturated rings. The first-order valence-corrected chi connectivity index (χ1v) is 13.3. The summed E-state index contributed by atoms with van der Waals surface area (Å²) in [4.78, 5) is 29.7. The van der Waals surface area contributed by atoms with Gasteiger partial charge >= 0.3 is 0 Å². The van der Waals surface area contributed by atoms with Gasteiger partial charge in [0.2, 0.25) is 0 Å². The highest BCUT2D eigenvalue weighted by Gasteiger charge is 2.30. The quantitative estimate of drug-likeness (QED) is 0.253. The van der Waals surface area contributed by atoms with E-state index >= 15 is 0 Å². The predicted octanol–water partition coefficient (Wildman–Crippen LogP) is 7.13. The van der Waals surface area contributed by atoms with Gasteiger partial charge in [-0.15, -0.1) is 0 Å². The van der Waals surface area contributed by atoms with Gasteiger partial charge in [0.15, 0.2) is 0 Å². The Labute approximate surface area is 230 Å². The van der Waals surface area contributed by atoms with Crippen molar-refractivity contribution in [1.29, 1.82) is 0 Å². The largest absolute Gasteiger partial charge is 0.352 e. The normalized spacial score (nSPS) is 13.9. The molecule has 0 aromatic heterocycles. The van der Waals surface area contributed by atoms with Crippen LogP contribution >= 0.6 is 23.4 Å². The van der Waals surface area contributed by atoms with Gasteiger partial charge < -0.3 is 10.2 Å². The van der Waals surface area contributed by atoms with Crippen LogP contribution in [-0.4, -0.2) is 18.4 Å². The molecule has 5 rings (SSSR count). The maximum Gasteiger partial charge on any atom is 0.265 e. The fraction of sp³-hybridized carbons (Fsp3) is 0.0968. The van der Waals surface area contributed by atoms with Crippen molar-refractivity contribution in [3.8, 4) is 0 Å². The fourth-order valence-electron chi connectivity index (χ4n) is 4.16. The molecule has 4 aromatic carbocycles. The highest BCUT2D eigenvalue weighted by Crippen LogP contribution is 2.43. The Morgan fingerprint density at radius 3 is 2.37 bits per heavy atom. The number of rotatable bonds is 7. The topological polar surface area (TPSA) is 49.4 Å². The maximum absolute atomic E-state index is 13.7. The second-order valence-electron chi connectivity index (χ2n) is 8.85. The van der Waals surface area contributed by atoms with Crippen molar-refractivity contribution < 1.29 is 14.0 Å². The van der Waals surface area contributed by atoms with Crippen LogP contribution in [-0.2, 0) is 17.8 Å². The van der Waals surface area contributed by atoms with Gasteiger partial charge in [0.25, 0.3) is 11.8 Å². The van der Waals surface area contributed by atoms with Crippen LogP contribution in [0.2, 0.25) is 5.02 Å². The van der Waals surface area contributed by atoms with E-state index in [1.54, 1.807) is 29.2 Å². The average molecular weight is 543 g/mol. The molecule has 0 aliphatic carbocycles. The van der Waals surface area contributed by atoms with Crippen molar-refractivity contribution in [3.05, 3.63) is 135 Å². The van der Waals surface area contributed by atoms with Crippen molar-refractivity contribution in [2.75, 3.05) is 11.4 Å². The molecule has 0 atom stereocenters. The molecule has 7 heteroatoms. The summed E-state index contributed by atoms with van der Waals surface area (Å²) >= 11 is 7.32. The molecular weight excluding hydrogens is 519 g/mol. The molecule has 4 nitrogen and oxygen atoms in total. The molecule has 0 saturated carbocycles. The monoisotopic (exact) mass is 542 g/mol. The van der Waals surface area contributed by atoms with Gasteiger partial charge in [0.1, 0.15) is 5.82 Å². The number of carbonyl (C=O) groups is 2. The molecule has 1 heterocycles. The molecule has 2 amide bonds. The Morgan fingerprint density at radius 2 is 1.63 bits per heavy atom. The third kappa shape index (κ3) is 6.15. The molecule has 1 N–H and O–H groups in total. The van der Waals surface area contributed by atoms with E-state index in [1.807, 2.05) is 66.7 Å². The Balaban J connectivity index is 1.40. The number of hydrogen-bond donors (Lipinski definition) is 1. The lowest BCUT2D eigenvalue weighted by Gasteiger charge is -2.31. The van der Waals surface area contributed by atoms with Crippen LogP contribution in [0.3, 0.4) is 0 Å². The average Bonchev–Trinajstić information content (AvgIpc) is 2.93. The Hall–Kier alpha value is -3.87. The van der Waals surface area contributed by atoms with E-state index in [0.717, 1.165) is 21.6 Å². The molecule has 0 saturated heterocycles. The second kappa shape index (κ2) is 11.7. The highest BCUT2D eigenvalue weighted by molar-refractivity contribution is 8.04. The van der Waals surface area contributed by atoms with Gasteiger partial charge in [-0.3, -0.25) is 9.59 Å². The summed E-state index contributed by atoms with van der Waals surface area (Å²) in [5, 5.41) is 3.63. The SMILES string of the molecule is O=C(NCCc1ccc(Cl)cc1)c1ccc2c(c1)N(Cc1ccc(F)cc1)C(=O)C(=Cc1ccccc1)S2. The van der Waals surface area contributed by atoms with Crippen LogP contribution in [0.4, 0.5) is 10.1 Å². The molecule has 4 aromatic rings. The van der Waals surface area contributed by atoms with E-state index in [4.69, 9.17) is 11.6 Å². The first kappa shape index (κ1) is 25.8. The first-order chi connectivity index (χ1) is 18.5. The van der Waals surface area contributed by atoms with Gasteiger partial charge in [-0.25, -0.2) is 4.39 Å². The minimum absolute atomic E-state index is 0.170. The molecule has 0 radical (unpaired) electrons. The van der Waals surface area contributed by atoms with E-state index < -0.39 is 0 Å². The van der Waals surface area contributed by atoms with Crippen LogP contribution in [0, 0.1) is 5.82 Å². The summed E-state index contributed by atoms with van der Waals surface area (Å²) in [6.45, 7) is 0.717. The number of anilines is 1. The van der Waals surface area contributed by atoms with E-state index in [9.17, 15) is 14.0 Å². The number of halogens is 2. The summed E-state index contributed by atoms with van der Waals surface area (Å²) in [7, 11) is 0. The Morgan fingerprint density at radius 1 is 0.921 bits per heavy atom. The number of benzene rings is 4. The standard InChI is InChI=1S/C31H24ClFN2O2S/c32-25-11-6-21(7-12-25)16-17-34-30(36)24-10-15-28-27(19-24)35(20-23-8-13-26(33)14-9-23)31(37)29(38-28)18-22-4-2-1-3-5-22/h1-15,18-19H,16-17,20H2,(H,34,36). The lowest BCUT2D eigenvalue weighted by molar-refractivity contribution is -0.114. The minimum Gasteiger partial charge on any atom is -0.352 e. The smallest absolute Gasteiger partial charge is 0.265 e. The van der Waals surface area contributed by atoms with Crippen LogP contribution in [0.5, 0.6) is 0 Å². The number of fused-ring (bicyclic) bond motifs is 1. The third-order valence-electron chi connectivity index (χ3n) is 6.15. The zero-order valence-corrected chi connectivity index (χ0v) is 21.9. The minimum atomic E-state index is -0.336. The van der Waals surface area contributed by atoms with Gasteiger partial charge in [0.05, 0.1) is 17.1 Å². The molecule has 1 aliphatic rings.